The van der Waals surface area contributed by atoms with E-state index in [1.165, 1.54) is 29.1 Å². The summed E-state index contributed by atoms with van der Waals surface area (Å²) in [6.45, 7) is 6.40. The standard InChI is InChI=1S/C27H30F3N5O4/c1-17-21(20-12-14-33-35(20)19-10-8-18(16-31)9-11-19)23(36)34(24(37)22(17)27(28,29)30)15-7-5-6-13-32-25(38)39-26(2,3)4/h8-12,14,22H,5-7,13,15H2,1-4H3,(H,32,38). The summed E-state index contributed by atoms with van der Waals surface area (Å²) >= 11 is 0. The Bertz CT molecular complexity index is 1300. The molecule has 1 unspecified atom stereocenters. The highest BCUT2D eigenvalue weighted by atomic mass is 19.4. The maximum Gasteiger partial charge on any atom is 0.407 e. The van der Waals surface area contributed by atoms with Crippen molar-refractivity contribution in [1.82, 2.24) is 20.0 Å². The number of carbonyl (C=O) groups is 3. The number of nitrogens with one attached hydrogen (secondary N) is 1. The van der Waals surface area contributed by atoms with E-state index in [1.807, 2.05) is 6.07 Å². The third-order valence-electron chi connectivity index (χ3n) is 5.99. The first-order chi connectivity index (χ1) is 18.2. The van der Waals surface area contributed by atoms with Gasteiger partial charge in [0.25, 0.3) is 5.91 Å². The summed E-state index contributed by atoms with van der Waals surface area (Å²) in [6.07, 6.45) is -2.96. The summed E-state index contributed by atoms with van der Waals surface area (Å²) in [5.41, 5.74) is -0.364. The molecule has 9 nitrogen and oxygen atoms in total. The van der Waals surface area contributed by atoms with Gasteiger partial charge in [-0.2, -0.15) is 23.5 Å². The van der Waals surface area contributed by atoms with Crippen molar-refractivity contribution in [1.29, 1.82) is 5.26 Å². The van der Waals surface area contributed by atoms with E-state index in [-0.39, 0.29) is 30.8 Å². The van der Waals surface area contributed by atoms with E-state index in [1.54, 1.807) is 32.9 Å². The summed E-state index contributed by atoms with van der Waals surface area (Å²) in [6, 6.07) is 9.57. The Balaban J connectivity index is 1.79. The number of carbonyl (C=O) groups excluding carboxylic acids is 3. The van der Waals surface area contributed by atoms with Gasteiger partial charge in [0.1, 0.15) is 5.60 Å². The molecule has 12 heteroatoms. The molecule has 2 aromatic rings. The number of nitrogens with zero attached hydrogens (tertiary/aromatic N) is 4. The van der Waals surface area contributed by atoms with Gasteiger partial charge in [-0.25, -0.2) is 9.48 Å². The van der Waals surface area contributed by atoms with Crippen LogP contribution in [-0.4, -0.2) is 57.5 Å². The van der Waals surface area contributed by atoms with E-state index in [0.29, 0.717) is 29.0 Å². The van der Waals surface area contributed by atoms with Gasteiger partial charge in [0.2, 0.25) is 5.91 Å². The molecule has 0 fully saturated rings. The number of ether oxygens (including phenoxy) is 1. The zero-order valence-corrected chi connectivity index (χ0v) is 22.1. The lowest BCUT2D eigenvalue weighted by Gasteiger charge is -2.34. The van der Waals surface area contributed by atoms with Crippen LogP contribution in [0.15, 0.2) is 42.1 Å². The van der Waals surface area contributed by atoms with Crippen LogP contribution in [0.3, 0.4) is 0 Å². The number of halogens is 3. The van der Waals surface area contributed by atoms with E-state index in [4.69, 9.17) is 10.00 Å². The maximum absolute atomic E-state index is 14.0. The number of alkyl carbamates (subject to hydrolysis) is 1. The Morgan fingerprint density at radius 2 is 1.77 bits per heavy atom. The number of alkyl halides is 3. The fourth-order valence-electron chi connectivity index (χ4n) is 4.25. The molecule has 39 heavy (non-hydrogen) atoms. The summed E-state index contributed by atoms with van der Waals surface area (Å²) < 4.78 is 48.6. The van der Waals surface area contributed by atoms with Crippen LogP contribution in [0.1, 0.15) is 58.2 Å². The SMILES string of the molecule is CC1=C(c2ccnn2-c2ccc(C#N)cc2)C(=O)N(CCCCCNC(=O)OC(C)(C)C)C(=O)C1C(F)(F)F. The van der Waals surface area contributed by atoms with Crippen molar-refractivity contribution in [3.63, 3.8) is 0 Å². The molecular weight excluding hydrogens is 515 g/mol. The zero-order chi connectivity index (χ0) is 29.0. The second-order valence-electron chi connectivity index (χ2n) is 10.1. The Morgan fingerprint density at radius 3 is 2.36 bits per heavy atom. The minimum atomic E-state index is -4.90. The van der Waals surface area contributed by atoms with Gasteiger partial charge in [-0.15, -0.1) is 0 Å². The molecule has 1 aliphatic heterocycles. The van der Waals surface area contributed by atoms with Crippen LogP contribution in [-0.2, 0) is 14.3 Å². The van der Waals surface area contributed by atoms with Crippen LogP contribution < -0.4 is 5.32 Å². The van der Waals surface area contributed by atoms with Crippen molar-refractivity contribution in [2.45, 2.75) is 58.7 Å². The quantitative estimate of drug-likeness (QED) is 0.378. The highest BCUT2D eigenvalue weighted by molar-refractivity contribution is 6.27. The number of aromatic nitrogens is 2. The van der Waals surface area contributed by atoms with Crippen molar-refractivity contribution in [2.24, 2.45) is 5.92 Å². The second-order valence-corrected chi connectivity index (χ2v) is 10.1. The minimum Gasteiger partial charge on any atom is -0.444 e. The number of hydrogen-bond acceptors (Lipinski definition) is 6. The number of unbranched alkanes of at least 4 members (excludes halogenated alkanes) is 2. The van der Waals surface area contributed by atoms with Crippen molar-refractivity contribution in [3.05, 3.63) is 53.4 Å². The number of benzene rings is 1. The van der Waals surface area contributed by atoms with Gasteiger partial charge in [0.15, 0.2) is 5.92 Å². The van der Waals surface area contributed by atoms with E-state index in [9.17, 15) is 27.6 Å². The Labute approximate surface area is 224 Å². The molecule has 3 rings (SSSR count). The molecule has 0 aliphatic carbocycles. The monoisotopic (exact) mass is 545 g/mol. The Hall–Kier alpha value is -4.14. The maximum atomic E-state index is 14.0. The van der Waals surface area contributed by atoms with Crippen LogP contribution in [0.5, 0.6) is 0 Å². The highest BCUT2D eigenvalue weighted by Crippen LogP contribution is 2.41. The van der Waals surface area contributed by atoms with E-state index >= 15 is 0 Å². The predicted molar refractivity (Wildman–Crippen MR) is 135 cm³/mol. The van der Waals surface area contributed by atoms with E-state index in [2.05, 4.69) is 10.4 Å². The van der Waals surface area contributed by atoms with E-state index < -0.39 is 41.2 Å². The molecule has 2 heterocycles. The number of hydrogen-bond donors (Lipinski definition) is 1. The highest BCUT2D eigenvalue weighted by Gasteiger charge is 2.53. The second kappa shape index (κ2) is 11.7. The van der Waals surface area contributed by atoms with Crippen LogP contribution >= 0.6 is 0 Å². The van der Waals surface area contributed by atoms with Gasteiger partial charge < -0.3 is 10.1 Å². The van der Waals surface area contributed by atoms with Crippen LogP contribution in [0.25, 0.3) is 11.3 Å². The topological polar surface area (TPSA) is 117 Å². The first-order valence-electron chi connectivity index (χ1n) is 12.4. The zero-order valence-electron chi connectivity index (χ0n) is 22.1. The third-order valence-corrected chi connectivity index (χ3v) is 5.99. The van der Waals surface area contributed by atoms with Crippen LogP contribution in [0.4, 0.5) is 18.0 Å². The lowest BCUT2D eigenvalue weighted by Crippen LogP contribution is -2.50. The lowest BCUT2D eigenvalue weighted by atomic mass is 9.87. The summed E-state index contributed by atoms with van der Waals surface area (Å²) in [7, 11) is 0. The number of imide groups is 1. The first kappa shape index (κ1) is 29.4. The molecule has 0 saturated heterocycles. The Kier molecular flexibility index (Phi) is 8.84. The molecule has 0 saturated carbocycles. The molecule has 1 N–H and O–H groups in total. The van der Waals surface area contributed by atoms with Gasteiger partial charge in [0, 0.05) is 13.1 Å². The Morgan fingerprint density at radius 1 is 1.10 bits per heavy atom. The number of nitriles is 1. The average molecular weight is 546 g/mol. The van der Waals surface area contributed by atoms with Crippen molar-refractivity contribution >= 4 is 23.5 Å². The smallest absolute Gasteiger partial charge is 0.407 e. The van der Waals surface area contributed by atoms with Gasteiger partial charge in [-0.1, -0.05) is 0 Å². The molecule has 0 spiro atoms. The molecule has 0 radical (unpaired) electrons. The number of amides is 3. The van der Waals surface area contributed by atoms with Crippen LogP contribution in [0, 0.1) is 17.2 Å². The summed E-state index contributed by atoms with van der Waals surface area (Å²) in [5, 5.41) is 15.8. The third kappa shape index (κ3) is 7.04. The van der Waals surface area contributed by atoms with E-state index in [0.717, 1.165) is 6.92 Å². The van der Waals surface area contributed by atoms with Gasteiger partial charge in [0.05, 0.1) is 34.8 Å². The lowest BCUT2D eigenvalue weighted by molar-refractivity contribution is -0.183. The molecular formula is C27H30F3N5O4. The normalized spacial score (nSPS) is 16.4. The molecule has 1 aliphatic rings. The van der Waals surface area contributed by atoms with Crippen LogP contribution in [0.2, 0.25) is 0 Å². The summed E-state index contributed by atoms with van der Waals surface area (Å²) in [5.74, 6) is -4.62. The van der Waals surface area contributed by atoms with Crippen molar-refractivity contribution in [2.75, 3.05) is 13.1 Å². The fraction of sp³-hybridized carbons (Fsp3) is 0.444. The molecule has 1 aromatic heterocycles. The minimum absolute atomic E-state index is 0.107. The van der Waals surface area contributed by atoms with Gasteiger partial charge >= 0.3 is 12.3 Å². The molecule has 3 amide bonds. The predicted octanol–water partition coefficient (Wildman–Crippen LogP) is 4.76. The summed E-state index contributed by atoms with van der Waals surface area (Å²) in [4.78, 5) is 38.7. The van der Waals surface area contributed by atoms with Gasteiger partial charge in [-0.3, -0.25) is 14.5 Å². The molecule has 208 valence electrons. The largest absolute Gasteiger partial charge is 0.444 e. The van der Waals surface area contributed by atoms with Gasteiger partial charge in [-0.05, 0) is 82.9 Å². The molecule has 0 bridgehead atoms. The molecule has 1 aromatic carbocycles. The fourth-order valence-corrected chi connectivity index (χ4v) is 4.25. The number of rotatable bonds is 8. The van der Waals surface area contributed by atoms with Crippen molar-refractivity contribution in [3.8, 4) is 11.8 Å². The first-order valence-corrected chi connectivity index (χ1v) is 12.4. The molecule has 1 atom stereocenters. The average Bonchev–Trinajstić information content (AvgIpc) is 3.30. The van der Waals surface area contributed by atoms with Crippen molar-refractivity contribution < 1.29 is 32.3 Å².